The lowest BCUT2D eigenvalue weighted by Gasteiger charge is -2.32. The largest absolute Gasteiger partial charge is 0.438 e. The second-order valence-electron chi connectivity index (χ2n) is 9.04. The van der Waals surface area contributed by atoms with Gasteiger partial charge >= 0.3 is 6.18 Å². The summed E-state index contributed by atoms with van der Waals surface area (Å²) in [6.45, 7) is 2.22. The number of hydrogen-bond acceptors (Lipinski definition) is 4. The van der Waals surface area contributed by atoms with Crippen LogP contribution in [-0.2, 0) is 0 Å². The molecule has 1 atom stereocenters. The molecule has 1 aromatic rings. The molecule has 0 spiro atoms. The number of alkyl halides is 3. The molecule has 186 valence electrons. The van der Waals surface area contributed by atoms with Crippen LogP contribution in [0.1, 0.15) is 107 Å². The summed E-state index contributed by atoms with van der Waals surface area (Å²) < 4.78 is 40.9. The van der Waals surface area contributed by atoms with Gasteiger partial charge < -0.3 is 10.8 Å². The highest BCUT2D eigenvalue weighted by atomic mass is 19.4. The average Bonchev–Trinajstić information content (AvgIpc) is 3.12. The van der Waals surface area contributed by atoms with Crippen LogP contribution in [0.25, 0.3) is 0 Å². The van der Waals surface area contributed by atoms with Crippen LogP contribution in [0.3, 0.4) is 0 Å². The molecule has 8 heteroatoms. The number of halogens is 3. The van der Waals surface area contributed by atoms with Crippen molar-refractivity contribution in [1.82, 2.24) is 5.01 Å². The second kappa shape index (κ2) is 13.0. The van der Waals surface area contributed by atoms with E-state index in [1.54, 1.807) is 0 Å². The van der Waals surface area contributed by atoms with Crippen molar-refractivity contribution in [2.75, 3.05) is 5.73 Å². The maximum atomic E-state index is 13.6. The minimum atomic E-state index is -5.02. The van der Waals surface area contributed by atoms with Crippen molar-refractivity contribution in [3.05, 3.63) is 29.8 Å². The summed E-state index contributed by atoms with van der Waals surface area (Å²) in [5, 5.41) is 14.5. The van der Waals surface area contributed by atoms with Crippen molar-refractivity contribution in [3.63, 3.8) is 0 Å². The van der Waals surface area contributed by atoms with Crippen molar-refractivity contribution >= 4 is 17.3 Å². The zero-order chi connectivity index (χ0) is 24.3. The number of amides is 1. The van der Waals surface area contributed by atoms with Gasteiger partial charge in [0, 0.05) is 23.4 Å². The molecule has 1 aromatic carbocycles. The van der Waals surface area contributed by atoms with Gasteiger partial charge in [0.1, 0.15) is 0 Å². The van der Waals surface area contributed by atoms with E-state index in [1.165, 1.54) is 75.6 Å². The van der Waals surface area contributed by atoms with Gasteiger partial charge in [0.05, 0.1) is 0 Å². The zero-order valence-corrected chi connectivity index (χ0v) is 19.7. The maximum absolute atomic E-state index is 13.6. The molecule has 2 rings (SSSR count). The van der Waals surface area contributed by atoms with Gasteiger partial charge in [-0.25, -0.2) is 0 Å². The first-order chi connectivity index (χ1) is 15.7. The van der Waals surface area contributed by atoms with Crippen LogP contribution in [0, 0.1) is 0 Å². The Morgan fingerprint density at radius 2 is 1.45 bits per heavy atom. The number of unbranched alkanes of at least 4 members (excludes halogenated alkanes) is 11. The Bertz CT molecular complexity index is 765. The summed E-state index contributed by atoms with van der Waals surface area (Å²) in [5.41, 5.74) is 2.83. The fourth-order valence-electron chi connectivity index (χ4n) is 4.11. The molecule has 0 unspecified atom stereocenters. The third-order valence-corrected chi connectivity index (χ3v) is 6.17. The van der Waals surface area contributed by atoms with Crippen LogP contribution in [0.2, 0.25) is 0 Å². The lowest BCUT2D eigenvalue weighted by Crippen LogP contribution is -2.56. The highest BCUT2D eigenvalue weighted by Gasteiger charge is 2.63. The number of aliphatic hydroxyl groups is 1. The molecule has 0 aromatic heterocycles. The number of hydrogen-bond donors (Lipinski definition) is 2. The molecule has 1 aliphatic rings. The number of carbonyl (C=O) groups excluding carboxylic acids is 1. The molecule has 33 heavy (non-hydrogen) atoms. The number of benzene rings is 1. The van der Waals surface area contributed by atoms with Crippen molar-refractivity contribution in [3.8, 4) is 0 Å². The standard InChI is InChI=1S/C25H38F3N3O2/c1-2-3-4-5-6-7-8-9-10-11-12-13-14-22-19-24(33,25(26,27)28)31(30-22)23(32)20-15-17-21(29)18-16-20/h15-18,33H,2-14,19,29H2,1H3/t24-/m1/s1. The molecule has 0 radical (unpaired) electrons. The van der Waals surface area contributed by atoms with Crippen LogP contribution in [0.15, 0.2) is 29.4 Å². The van der Waals surface area contributed by atoms with E-state index in [-0.39, 0.29) is 16.3 Å². The number of rotatable bonds is 14. The van der Waals surface area contributed by atoms with Crippen LogP contribution in [-0.4, -0.2) is 33.6 Å². The number of nitrogens with two attached hydrogens (primary N) is 1. The van der Waals surface area contributed by atoms with Gasteiger partial charge in [-0.15, -0.1) is 0 Å². The van der Waals surface area contributed by atoms with Crippen molar-refractivity contribution < 1.29 is 23.1 Å². The van der Waals surface area contributed by atoms with Crippen molar-refractivity contribution in [2.24, 2.45) is 5.10 Å². The highest BCUT2D eigenvalue weighted by Crippen LogP contribution is 2.41. The summed E-state index contributed by atoms with van der Waals surface area (Å²) in [5.74, 6) is -1.00. The van der Waals surface area contributed by atoms with Crippen LogP contribution in [0.5, 0.6) is 0 Å². The lowest BCUT2D eigenvalue weighted by atomic mass is 10.0. The van der Waals surface area contributed by atoms with Gasteiger partial charge in [-0.1, -0.05) is 77.6 Å². The van der Waals surface area contributed by atoms with Crippen LogP contribution in [0.4, 0.5) is 18.9 Å². The quantitative estimate of drug-likeness (QED) is 0.232. The van der Waals surface area contributed by atoms with Gasteiger partial charge in [-0.2, -0.15) is 23.3 Å². The van der Waals surface area contributed by atoms with E-state index in [9.17, 15) is 23.1 Å². The number of anilines is 1. The Labute approximate surface area is 195 Å². The van der Waals surface area contributed by atoms with Gasteiger partial charge in [-0.05, 0) is 37.1 Å². The third kappa shape index (κ3) is 8.02. The fraction of sp³-hybridized carbons (Fsp3) is 0.680. The summed E-state index contributed by atoms with van der Waals surface area (Å²) in [7, 11) is 0. The first kappa shape index (κ1) is 27.2. The summed E-state index contributed by atoms with van der Waals surface area (Å²) in [4.78, 5) is 12.7. The predicted octanol–water partition coefficient (Wildman–Crippen LogP) is 6.81. The van der Waals surface area contributed by atoms with E-state index < -0.39 is 24.2 Å². The minimum absolute atomic E-state index is 0.0118. The Morgan fingerprint density at radius 3 is 1.94 bits per heavy atom. The molecule has 1 aliphatic heterocycles. The topological polar surface area (TPSA) is 78.9 Å². The van der Waals surface area contributed by atoms with Crippen LogP contribution >= 0.6 is 0 Å². The summed E-state index contributed by atoms with van der Waals surface area (Å²) in [6.07, 6.45) is 8.56. The molecule has 5 nitrogen and oxygen atoms in total. The summed E-state index contributed by atoms with van der Waals surface area (Å²) >= 11 is 0. The molecular weight excluding hydrogens is 431 g/mol. The Hall–Kier alpha value is -2.09. The van der Waals surface area contributed by atoms with Crippen molar-refractivity contribution in [2.45, 2.75) is 109 Å². The van der Waals surface area contributed by atoms with E-state index >= 15 is 0 Å². The first-order valence-electron chi connectivity index (χ1n) is 12.2. The molecule has 1 amide bonds. The van der Waals surface area contributed by atoms with Gasteiger partial charge in [0.15, 0.2) is 0 Å². The monoisotopic (exact) mass is 469 g/mol. The smallest absolute Gasteiger partial charge is 0.399 e. The molecule has 0 saturated heterocycles. The SMILES string of the molecule is CCCCCCCCCCCCCCC1=NN(C(=O)c2ccc(N)cc2)[C@](O)(C(F)(F)F)C1. The van der Waals surface area contributed by atoms with Crippen LogP contribution < -0.4 is 5.73 Å². The number of nitrogen functional groups attached to an aromatic ring is 1. The van der Waals surface area contributed by atoms with Gasteiger partial charge in [0.25, 0.3) is 11.6 Å². The Balaban J connectivity index is 1.78. The highest BCUT2D eigenvalue weighted by molar-refractivity contribution is 5.98. The minimum Gasteiger partial charge on any atom is -0.399 e. The Kier molecular flexibility index (Phi) is 10.7. The molecule has 3 N–H and O–H groups in total. The lowest BCUT2D eigenvalue weighted by molar-refractivity contribution is -0.297. The van der Waals surface area contributed by atoms with E-state index in [2.05, 4.69) is 12.0 Å². The molecule has 1 heterocycles. The van der Waals surface area contributed by atoms with E-state index in [1.807, 2.05) is 0 Å². The van der Waals surface area contributed by atoms with E-state index in [0.717, 1.165) is 19.3 Å². The van der Waals surface area contributed by atoms with E-state index in [0.29, 0.717) is 18.5 Å². The van der Waals surface area contributed by atoms with Gasteiger partial charge in [0.2, 0.25) is 0 Å². The molecule has 0 aliphatic carbocycles. The normalized spacial score (nSPS) is 18.6. The number of nitrogens with zero attached hydrogens (tertiary/aromatic N) is 2. The molecule has 0 fully saturated rings. The first-order valence-corrected chi connectivity index (χ1v) is 12.2. The second-order valence-corrected chi connectivity index (χ2v) is 9.04. The third-order valence-electron chi connectivity index (χ3n) is 6.17. The predicted molar refractivity (Wildman–Crippen MR) is 126 cm³/mol. The Morgan fingerprint density at radius 1 is 0.970 bits per heavy atom. The number of hydrazone groups is 1. The molecular formula is C25H38F3N3O2. The summed E-state index contributed by atoms with van der Waals surface area (Å²) in [6, 6.07) is 5.50. The average molecular weight is 470 g/mol. The maximum Gasteiger partial charge on any atom is 0.438 e. The fourth-order valence-corrected chi connectivity index (χ4v) is 4.11. The van der Waals surface area contributed by atoms with Gasteiger partial charge in [-0.3, -0.25) is 4.79 Å². The zero-order valence-electron chi connectivity index (χ0n) is 19.7. The molecule has 0 bridgehead atoms. The van der Waals surface area contributed by atoms with E-state index in [4.69, 9.17) is 5.73 Å². The molecule has 0 saturated carbocycles. The number of carbonyl (C=O) groups is 1. The van der Waals surface area contributed by atoms with Crippen molar-refractivity contribution in [1.29, 1.82) is 0 Å².